The summed E-state index contributed by atoms with van der Waals surface area (Å²) in [6.07, 6.45) is 1.85. The van der Waals surface area contributed by atoms with Crippen molar-refractivity contribution in [3.05, 3.63) is 95.7 Å². The van der Waals surface area contributed by atoms with Gasteiger partial charge in [0.25, 0.3) is 0 Å². The fraction of sp³-hybridized carbons (Fsp3) is 0.280. The summed E-state index contributed by atoms with van der Waals surface area (Å²) in [6.45, 7) is 4.05. The average Bonchev–Trinajstić information content (AvgIpc) is 3.25. The summed E-state index contributed by atoms with van der Waals surface area (Å²) < 4.78 is 0. The van der Waals surface area contributed by atoms with Crippen molar-refractivity contribution < 1.29 is 4.79 Å². The molecule has 2 heterocycles. The third-order valence-corrected chi connectivity index (χ3v) is 6.42. The summed E-state index contributed by atoms with van der Waals surface area (Å²) in [7, 11) is 0. The number of nitrogens with one attached hydrogen (secondary N) is 1. The van der Waals surface area contributed by atoms with E-state index in [1.165, 1.54) is 11.1 Å². The first kappa shape index (κ1) is 20.5. The molecule has 3 aromatic rings. The lowest BCUT2D eigenvalue weighted by molar-refractivity contribution is 0.207. The zero-order valence-electron chi connectivity index (χ0n) is 17.2. The highest BCUT2D eigenvalue weighted by Crippen LogP contribution is 2.39. The van der Waals surface area contributed by atoms with Gasteiger partial charge in [0.15, 0.2) is 0 Å². The van der Waals surface area contributed by atoms with Gasteiger partial charge >= 0.3 is 6.03 Å². The number of likely N-dealkylation sites (tertiary alicyclic amines) is 1. The Balaban J connectivity index is 1.44. The number of amides is 2. The van der Waals surface area contributed by atoms with Crippen LogP contribution < -0.4 is 5.32 Å². The van der Waals surface area contributed by atoms with Gasteiger partial charge < -0.3 is 10.2 Å². The van der Waals surface area contributed by atoms with E-state index in [9.17, 15) is 4.79 Å². The van der Waals surface area contributed by atoms with Crippen LogP contribution in [0.2, 0.25) is 0 Å². The molecule has 1 fully saturated rings. The maximum Gasteiger partial charge on any atom is 0.317 e. The Bertz CT molecular complexity index is 900. The van der Waals surface area contributed by atoms with Gasteiger partial charge in [-0.2, -0.15) is 0 Å². The summed E-state index contributed by atoms with van der Waals surface area (Å²) in [5.41, 5.74) is 3.59. The summed E-state index contributed by atoms with van der Waals surface area (Å²) in [5.74, 6) is 1.60. The highest BCUT2D eigenvalue weighted by molar-refractivity contribution is 7.99. The second-order valence-corrected chi connectivity index (χ2v) is 8.82. The van der Waals surface area contributed by atoms with E-state index in [0.29, 0.717) is 18.4 Å². The predicted molar refractivity (Wildman–Crippen MR) is 123 cm³/mol. The van der Waals surface area contributed by atoms with Gasteiger partial charge in [-0.15, -0.1) is 11.8 Å². The highest BCUT2D eigenvalue weighted by Gasteiger charge is 2.36. The lowest BCUT2D eigenvalue weighted by atomic mass is 9.84. The van der Waals surface area contributed by atoms with E-state index in [1.807, 2.05) is 35.4 Å². The van der Waals surface area contributed by atoms with Crippen LogP contribution in [0.25, 0.3) is 0 Å². The van der Waals surface area contributed by atoms with Crippen molar-refractivity contribution >= 4 is 17.8 Å². The quantitative estimate of drug-likeness (QED) is 0.555. The van der Waals surface area contributed by atoms with Gasteiger partial charge in [-0.1, -0.05) is 73.7 Å². The van der Waals surface area contributed by atoms with E-state index >= 15 is 0 Å². The summed E-state index contributed by atoms with van der Waals surface area (Å²) in [5, 5.41) is 4.09. The summed E-state index contributed by atoms with van der Waals surface area (Å²) >= 11 is 1.72. The first-order valence-electron chi connectivity index (χ1n) is 10.4. The van der Waals surface area contributed by atoms with E-state index in [-0.39, 0.29) is 6.03 Å². The van der Waals surface area contributed by atoms with Crippen LogP contribution in [0.15, 0.2) is 84.0 Å². The summed E-state index contributed by atoms with van der Waals surface area (Å²) in [4.78, 5) is 19.3. The molecule has 1 saturated heterocycles. The Morgan fingerprint density at radius 3 is 2.07 bits per heavy atom. The number of pyridine rings is 1. The van der Waals surface area contributed by atoms with Crippen LogP contribution in [0.4, 0.5) is 4.79 Å². The SMILES string of the molecule is CCSc1ccc(CNC(=O)N2CC(c3ccccc3)C(c3ccccc3)C2)cn1. The monoisotopic (exact) mass is 417 g/mol. The molecule has 2 atom stereocenters. The van der Waals surface area contributed by atoms with E-state index in [2.05, 4.69) is 65.8 Å². The Labute approximate surface area is 182 Å². The number of hydrogen-bond donors (Lipinski definition) is 1. The van der Waals surface area contributed by atoms with Crippen LogP contribution in [0, 0.1) is 0 Å². The molecular weight excluding hydrogens is 390 g/mol. The van der Waals surface area contributed by atoms with Crippen molar-refractivity contribution in [2.75, 3.05) is 18.8 Å². The van der Waals surface area contributed by atoms with Crippen molar-refractivity contribution in [3.8, 4) is 0 Å². The number of nitrogens with zero attached hydrogens (tertiary/aromatic N) is 2. The molecule has 2 aromatic carbocycles. The van der Waals surface area contributed by atoms with E-state index < -0.39 is 0 Å². The van der Waals surface area contributed by atoms with Crippen molar-refractivity contribution in [2.45, 2.75) is 30.3 Å². The van der Waals surface area contributed by atoms with Crippen LogP contribution in [0.1, 0.15) is 35.4 Å². The molecule has 154 valence electrons. The Hall–Kier alpha value is -2.79. The Morgan fingerprint density at radius 2 is 1.57 bits per heavy atom. The predicted octanol–water partition coefficient (Wildman–Crippen LogP) is 5.29. The second-order valence-electron chi connectivity index (χ2n) is 7.54. The molecule has 1 N–H and O–H groups in total. The number of rotatable bonds is 6. The molecule has 1 aliphatic heterocycles. The molecule has 0 bridgehead atoms. The molecule has 0 aliphatic carbocycles. The van der Waals surface area contributed by atoms with Crippen LogP contribution in [0.5, 0.6) is 0 Å². The van der Waals surface area contributed by atoms with Gasteiger partial charge in [-0.25, -0.2) is 9.78 Å². The fourth-order valence-corrected chi connectivity index (χ4v) is 4.67. The van der Waals surface area contributed by atoms with Gasteiger partial charge in [0.05, 0.1) is 5.03 Å². The topological polar surface area (TPSA) is 45.2 Å². The van der Waals surface area contributed by atoms with Crippen molar-refractivity contribution in [3.63, 3.8) is 0 Å². The molecule has 0 spiro atoms. The van der Waals surface area contributed by atoms with E-state index in [4.69, 9.17) is 0 Å². The van der Waals surface area contributed by atoms with Crippen molar-refractivity contribution in [2.24, 2.45) is 0 Å². The zero-order valence-corrected chi connectivity index (χ0v) is 18.0. The van der Waals surface area contributed by atoms with E-state index in [0.717, 1.165) is 29.4 Å². The smallest absolute Gasteiger partial charge is 0.317 e. The number of thioether (sulfide) groups is 1. The molecular formula is C25H27N3OS. The molecule has 30 heavy (non-hydrogen) atoms. The minimum Gasteiger partial charge on any atom is -0.334 e. The minimum absolute atomic E-state index is 0.0126. The molecule has 2 amide bonds. The molecule has 1 aromatic heterocycles. The number of hydrogen-bond acceptors (Lipinski definition) is 3. The standard InChI is InChI=1S/C25H27N3OS/c1-2-30-24-14-13-19(15-26-24)16-27-25(29)28-17-22(20-9-5-3-6-10-20)23(18-28)21-11-7-4-8-12-21/h3-15,22-23H,2,16-18H2,1H3,(H,27,29). The fourth-order valence-electron chi connectivity index (χ4n) is 4.08. The van der Waals surface area contributed by atoms with Crippen molar-refractivity contribution in [1.29, 1.82) is 0 Å². The number of benzene rings is 2. The third kappa shape index (κ3) is 4.85. The van der Waals surface area contributed by atoms with Gasteiger partial charge in [0.1, 0.15) is 0 Å². The Kier molecular flexibility index (Phi) is 6.70. The van der Waals surface area contributed by atoms with Crippen LogP contribution >= 0.6 is 11.8 Å². The van der Waals surface area contributed by atoms with Crippen molar-refractivity contribution in [1.82, 2.24) is 15.2 Å². The highest BCUT2D eigenvalue weighted by atomic mass is 32.2. The lowest BCUT2D eigenvalue weighted by Crippen LogP contribution is -2.38. The number of carbonyl (C=O) groups is 1. The maximum atomic E-state index is 12.9. The van der Waals surface area contributed by atoms with E-state index in [1.54, 1.807) is 11.8 Å². The van der Waals surface area contributed by atoms with Crippen LogP contribution in [0.3, 0.4) is 0 Å². The zero-order chi connectivity index (χ0) is 20.8. The molecule has 0 saturated carbocycles. The third-order valence-electron chi connectivity index (χ3n) is 5.60. The van der Waals surface area contributed by atoms with Gasteiger partial charge in [-0.05, 0) is 28.5 Å². The minimum atomic E-state index is -0.0126. The van der Waals surface area contributed by atoms with Crippen LogP contribution in [-0.2, 0) is 6.54 Å². The molecule has 5 heteroatoms. The first-order valence-corrected chi connectivity index (χ1v) is 11.4. The Morgan fingerprint density at radius 1 is 0.967 bits per heavy atom. The number of aromatic nitrogens is 1. The molecule has 2 unspecified atom stereocenters. The number of urea groups is 1. The normalized spacial score (nSPS) is 18.4. The van der Waals surface area contributed by atoms with Crippen LogP contribution in [-0.4, -0.2) is 34.8 Å². The first-order chi connectivity index (χ1) is 14.7. The summed E-state index contributed by atoms with van der Waals surface area (Å²) in [6, 6.07) is 25.1. The maximum absolute atomic E-state index is 12.9. The largest absolute Gasteiger partial charge is 0.334 e. The lowest BCUT2D eigenvalue weighted by Gasteiger charge is -2.18. The van der Waals surface area contributed by atoms with Gasteiger partial charge in [0.2, 0.25) is 0 Å². The van der Waals surface area contributed by atoms with Gasteiger partial charge in [-0.3, -0.25) is 0 Å². The number of carbonyl (C=O) groups excluding carboxylic acids is 1. The van der Waals surface area contributed by atoms with Gasteiger partial charge in [0, 0.05) is 37.7 Å². The molecule has 4 rings (SSSR count). The molecule has 0 radical (unpaired) electrons. The second kappa shape index (κ2) is 9.81. The molecule has 4 nitrogen and oxygen atoms in total. The molecule has 1 aliphatic rings. The average molecular weight is 418 g/mol.